The highest BCUT2D eigenvalue weighted by molar-refractivity contribution is 5.59. The average molecular weight is 241 g/mol. The van der Waals surface area contributed by atoms with Crippen molar-refractivity contribution in [3.8, 4) is 5.75 Å². The molecule has 0 aromatic heterocycles. The van der Waals surface area contributed by atoms with E-state index in [1.807, 2.05) is 31.3 Å². The molecule has 0 spiro atoms. The topological polar surface area (TPSA) is 21.3 Å². The molecule has 18 heavy (non-hydrogen) atoms. The first kappa shape index (κ1) is 12.5. The Morgan fingerprint density at radius 3 is 2.39 bits per heavy atom. The van der Waals surface area contributed by atoms with Gasteiger partial charge in [-0.25, -0.2) is 0 Å². The lowest BCUT2D eigenvalue weighted by Crippen LogP contribution is -2.02. The molecule has 0 aliphatic rings. The number of rotatable bonds is 4. The highest BCUT2D eigenvalue weighted by Gasteiger charge is 2.06. The van der Waals surface area contributed by atoms with Crippen LogP contribution in [0.4, 0.5) is 5.69 Å². The molecule has 2 aromatic carbocycles. The van der Waals surface area contributed by atoms with Gasteiger partial charge in [-0.15, -0.1) is 0 Å². The number of anilines is 1. The zero-order valence-corrected chi connectivity index (χ0v) is 11.2. The van der Waals surface area contributed by atoms with Gasteiger partial charge in [-0.05, 0) is 36.6 Å². The highest BCUT2D eigenvalue weighted by atomic mass is 16.5. The summed E-state index contributed by atoms with van der Waals surface area (Å²) in [6.45, 7) is 4.77. The Kier molecular flexibility index (Phi) is 3.88. The highest BCUT2D eigenvalue weighted by Crippen LogP contribution is 2.28. The van der Waals surface area contributed by atoms with Crippen LogP contribution in [0.3, 0.4) is 0 Å². The van der Waals surface area contributed by atoms with Crippen molar-refractivity contribution in [1.29, 1.82) is 0 Å². The van der Waals surface area contributed by atoms with Crippen molar-refractivity contribution >= 4 is 5.69 Å². The molecule has 0 unspecified atom stereocenters. The third-order valence-corrected chi connectivity index (χ3v) is 3.11. The van der Waals surface area contributed by atoms with Crippen molar-refractivity contribution in [3.63, 3.8) is 0 Å². The van der Waals surface area contributed by atoms with Gasteiger partial charge in [0.1, 0.15) is 12.4 Å². The van der Waals surface area contributed by atoms with Crippen LogP contribution in [0.1, 0.15) is 16.7 Å². The maximum absolute atomic E-state index is 5.96. The van der Waals surface area contributed by atoms with Crippen LogP contribution in [0.5, 0.6) is 5.75 Å². The molecule has 0 radical (unpaired) electrons. The van der Waals surface area contributed by atoms with Gasteiger partial charge < -0.3 is 10.1 Å². The fourth-order valence-electron chi connectivity index (χ4n) is 1.96. The second-order valence-electron chi connectivity index (χ2n) is 4.42. The van der Waals surface area contributed by atoms with Crippen molar-refractivity contribution in [2.24, 2.45) is 0 Å². The summed E-state index contributed by atoms with van der Waals surface area (Å²) in [4.78, 5) is 0. The first-order valence-corrected chi connectivity index (χ1v) is 6.17. The van der Waals surface area contributed by atoms with Gasteiger partial charge in [-0.3, -0.25) is 0 Å². The minimum atomic E-state index is 0.603. The van der Waals surface area contributed by atoms with Crippen LogP contribution in [-0.4, -0.2) is 7.05 Å². The smallest absolute Gasteiger partial charge is 0.145 e. The summed E-state index contributed by atoms with van der Waals surface area (Å²) in [5.74, 6) is 0.934. The zero-order chi connectivity index (χ0) is 13.0. The lowest BCUT2D eigenvalue weighted by atomic mass is 10.1. The predicted molar refractivity (Wildman–Crippen MR) is 76.2 cm³/mol. The van der Waals surface area contributed by atoms with Crippen molar-refractivity contribution < 1.29 is 4.74 Å². The van der Waals surface area contributed by atoms with Crippen molar-refractivity contribution in [1.82, 2.24) is 0 Å². The maximum Gasteiger partial charge on any atom is 0.145 e. The predicted octanol–water partition coefficient (Wildman–Crippen LogP) is 3.92. The first-order chi connectivity index (χ1) is 8.72. The summed E-state index contributed by atoms with van der Waals surface area (Å²) in [6.07, 6.45) is 0. The first-order valence-electron chi connectivity index (χ1n) is 6.17. The molecule has 0 fully saturated rings. The standard InChI is InChI=1S/C16H19NO/c1-12-7-4-5-9-14(12)11-18-16-13(2)8-6-10-15(16)17-3/h4-10,17H,11H2,1-3H3. The Hall–Kier alpha value is -1.96. The Bertz CT molecular complexity index is 534. The zero-order valence-electron chi connectivity index (χ0n) is 11.2. The van der Waals surface area contributed by atoms with E-state index in [1.165, 1.54) is 11.1 Å². The fraction of sp³-hybridized carbons (Fsp3) is 0.250. The molecule has 0 atom stereocenters. The number of nitrogens with one attached hydrogen (secondary N) is 1. The van der Waals surface area contributed by atoms with Crippen molar-refractivity contribution in [2.75, 3.05) is 12.4 Å². The van der Waals surface area contributed by atoms with Crippen LogP contribution >= 0.6 is 0 Å². The van der Waals surface area contributed by atoms with E-state index in [2.05, 4.69) is 37.4 Å². The third-order valence-electron chi connectivity index (χ3n) is 3.11. The van der Waals surface area contributed by atoms with E-state index in [0.29, 0.717) is 6.61 Å². The van der Waals surface area contributed by atoms with E-state index in [0.717, 1.165) is 17.0 Å². The lowest BCUT2D eigenvalue weighted by Gasteiger charge is -2.14. The number of hydrogen-bond acceptors (Lipinski definition) is 2. The molecule has 2 heteroatoms. The van der Waals surface area contributed by atoms with Gasteiger partial charge in [0, 0.05) is 7.05 Å². The van der Waals surface area contributed by atoms with E-state index >= 15 is 0 Å². The summed E-state index contributed by atoms with van der Waals surface area (Å²) >= 11 is 0. The summed E-state index contributed by atoms with van der Waals surface area (Å²) < 4.78 is 5.96. The SMILES string of the molecule is CNc1cccc(C)c1OCc1ccccc1C. The van der Waals surface area contributed by atoms with Gasteiger partial charge in [0.2, 0.25) is 0 Å². The molecule has 0 heterocycles. The number of hydrogen-bond donors (Lipinski definition) is 1. The Morgan fingerprint density at radius 2 is 1.67 bits per heavy atom. The fourth-order valence-corrected chi connectivity index (χ4v) is 1.96. The van der Waals surface area contributed by atoms with Crippen molar-refractivity contribution in [2.45, 2.75) is 20.5 Å². The van der Waals surface area contributed by atoms with E-state index in [-0.39, 0.29) is 0 Å². The monoisotopic (exact) mass is 241 g/mol. The molecule has 2 nitrogen and oxygen atoms in total. The summed E-state index contributed by atoms with van der Waals surface area (Å²) in [5.41, 5.74) is 4.67. The molecular weight excluding hydrogens is 222 g/mol. The molecule has 1 N–H and O–H groups in total. The third kappa shape index (κ3) is 2.65. The van der Waals surface area contributed by atoms with E-state index in [4.69, 9.17) is 4.74 Å². The Labute approximate surface area is 109 Å². The van der Waals surface area contributed by atoms with Crippen LogP contribution in [0.15, 0.2) is 42.5 Å². The minimum absolute atomic E-state index is 0.603. The normalized spacial score (nSPS) is 10.2. The van der Waals surface area contributed by atoms with Gasteiger partial charge in [0.15, 0.2) is 0 Å². The Morgan fingerprint density at radius 1 is 0.944 bits per heavy atom. The largest absolute Gasteiger partial charge is 0.486 e. The molecule has 0 saturated carbocycles. The molecule has 2 aromatic rings. The van der Waals surface area contributed by atoms with E-state index in [9.17, 15) is 0 Å². The molecule has 0 saturated heterocycles. The Balaban J connectivity index is 2.18. The molecule has 0 bridgehead atoms. The molecule has 0 aliphatic heterocycles. The van der Waals surface area contributed by atoms with Gasteiger partial charge in [-0.2, -0.15) is 0 Å². The number of ether oxygens (including phenoxy) is 1. The van der Waals surface area contributed by atoms with Crippen molar-refractivity contribution in [3.05, 3.63) is 59.2 Å². The number of para-hydroxylation sites is 1. The average Bonchev–Trinajstić information content (AvgIpc) is 2.39. The molecule has 0 amide bonds. The number of benzene rings is 2. The quantitative estimate of drug-likeness (QED) is 0.875. The van der Waals surface area contributed by atoms with Gasteiger partial charge in [-0.1, -0.05) is 36.4 Å². The van der Waals surface area contributed by atoms with Crippen LogP contribution in [0.25, 0.3) is 0 Å². The lowest BCUT2D eigenvalue weighted by molar-refractivity contribution is 0.305. The van der Waals surface area contributed by atoms with Crippen LogP contribution in [0.2, 0.25) is 0 Å². The summed E-state index contributed by atoms with van der Waals surface area (Å²) in [6, 6.07) is 14.4. The minimum Gasteiger partial charge on any atom is -0.486 e. The van der Waals surface area contributed by atoms with Gasteiger partial charge in [0.05, 0.1) is 5.69 Å². The van der Waals surface area contributed by atoms with Crippen LogP contribution in [0, 0.1) is 13.8 Å². The summed E-state index contributed by atoms with van der Waals surface area (Å²) in [7, 11) is 1.91. The molecule has 94 valence electrons. The molecule has 0 aliphatic carbocycles. The van der Waals surface area contributed by atoms with E-state index < -0.39 is 0 Å². The van der Waals surface area contributed by atoms with E-state index in [1.54, 1.807) is 0 Å². The second-order valence-corrected chi connectivity index (χ2v) is 4.42. The maximum atomic E-state index is 5.96. The molecule has 2 rings (SSSR count). The van der Waals surface area contributed by atoms with Crippen LogP contribution in [-0.2, 0) is 6.61 Å². The van der Waals surface area contributed by atoms with Gasteiger partial charge in [0.25, 0.3) is 0 Å². The van der Waals surface area contributed by atoms with Gasteiger partial charge >= 0.3 is 0 Å². The number of aryl methyl sites for hydroxylation is 2. The summed E-state index contributed by atoms with van der Waals surface area (Å²) in [5, 5.41) is 3.16. The second kappa shape index (κ2) is 5.58. The molecular formula is C16H19NO. The van der Waals surface area contributed by atoms with Crippen LogP contribution < -0.4 is 10.1 Å².